The molecule has 0 fully saturated rings. The van der Waals surface area contributed by atoms with Gasteiger partial charge in [-0.05, 0) is 30.4 Å². The molecule has 2 aromatic carbocycles. The van der Waals surface area contributed by atoms with Gasteiger partial charge in [0.25, 0.3) is 0 Å². The van der Waals surface area contributed by atoms with Crippen LogP contribution in [0.2, 0.25) is 0 Å². The molecule has 3 heteroatoms. The van der Waals surface area contributed by atoms with Crippen molar-refractivity contribution in [2.24, 2.45) is 0 Å². The Morgan fingerprint density at radius 1 is 1.00 bits per heavy atom. The second-order valence-electron chi connectivity index (χ2n) is 4.17. The van der Waals surface area contributed by atoms with Crippen molar-refractivity contribution in [2.45, 2.75) is 0 Å². The van der Waals surface area contributed by atoms with Crippen molar-refractivity contribution >= 4 is 11.9 Å². The summed E-state index contributed by atoms with van der Waals surface area (Å²) in [7, 11) is 3.19. The summed E-state index contributed by atoms with van der Waals surface area (Å²) in [6.45, 7) is 0. The van der Waals surface area contributed by atoms with Crippen molar-refractivity contribution in [3.63, 3.8) is 0 Å². The van der Waals surface area contributed by atoms with Crippen molar-refractivity contribution in [3.8, 4) is 11.5 Å². The number of hydrogen-bond acceptors (Lipinski definition) is 3. The maximum Gasteiger partial charge on any atom is 0.185 e. The van der Waals surface area contributed by atoms with Crippen LogP contribution in [-0.4, -0.2) is 20.0 Å². The minimum atomic E-state index is -0.0743. The fraction of sp³-hybridized carbons (Fsp3) is 0.118. The molecule has 102 valence electrons. The first kappa shape index (κ1) is 13.9. The van der Waals surface area contributed by atoms with E-state index in [-0.39, 0.29) is 5.78 Å². The Morgan fingerprint density at radius 3 is 2.55 bits per heavy atom. The maximum absolute atomic E-state index is 12.1. The monoisotopic (exact) mass is 268 g/mol. The number of ketones is 1. The van der Waals surface area contributed by atoms with Crippen LogP contribution < -0.4 is 9.47 Å². The first-order chi connectivity index (χ1) is 9.74. The fourth-order valence-electron chi connectivity index (χ4n) is 1.84. The van der Waals surface area contributed by atoms with E-state index < -0.39 is 0 Å². The van der Waals surface area contributed by atoms with Gasteiger partial charge in [-0.3, -0.25) is 4.79 Å². The summed E-state index contributed by atoms with van der Waals surface area (Å²) in [6.07, 6.45) is 3.28. The largest absolute Gasteiger partial charge is 0.497 e. The molecule has 0 amide bonds. The third-order valence-electron chi connectivity index (χ3n) is 2.91. The molecule has 0 saturated carbocycles. The average molecular weight is 268 g/mol. The highest BCUT2D eigenvalue weighted by Gasteiger charge is 2.04. The van der Waals surface area contributed by atoms with Crippen LogP contribution in [0.5, 0.6) is 11.5 Å². The Hall–Kier alpha value is -2.55. The van der Waals surface area contributed by atoms with Gasteiger partial charge in [0.05, 0.1) is 14.2 Å². The van der Waals surface area contributed by atoms with Crippen molar-refractivity contribution in [2.75, 3.05) is 14.2 Å². The topological polar surface area (TPSA) is 35.5 Å². The van der Waals surface area contributed by atoms with Gasteiger partial charge in [-0.1, -0.05) is 30.3 Å². The summed E-state index contributed by atoms with van der Waals surface area (Å²) >= 11 is 0. The van der Waals surface area contributed by atoms with Gasteiger partial charge in [-0.15, -0.1) is 0 Å². The highest BCUT2D eigenvalue weighted by molar-refractivity contribution is 6.07. The number of rotatable bonds is 5. The van der Waals surface area contributed by atoms with Crippen LogP contribution in [0.25, 0.3) is 6.08 Å². The van der Waals surface area contributed by atoms with E-state index in [9.17, 15) is 4.79 Å². The highest BCUT2D eigenvalue weighted by atomic mass is 16.5. The molecule has 0 saturated heterocycles. The summed E-state index contributed by atoms with van der Waals surface area (Å²) in [5.41, 5.74) is 1.46. The van der Waals surface area contributed by atoms with Crippen LogP contribution in [0.3, 0.4) is 0 Å². The standard InChI is InChI=1S/C17H16O3/c1-19-15-8-5-7-14(12-15)16(18)11-10-13-6-3-4-9-17(13)20-2/h3-12H,1-2H3. The highest BCUT2D eigenvalue weighted by Crippen LogP contribution is 2.19. The van der Waals surface area contributed by atoms with Gasteiger partial charge in [0.15, 0.2) is 5.78 Å². The van der Waals surface area contributed by atoms with E-state index in [1.807, 2.05) is 24.3 Å². The Bertz CT molecular complexity index is 630. The van der Waals surface area contributed by atoms with Crippen LogP contribution in [0.1, 0.15) is 15.9 Å². The molecule has 0 atom stereocenters. The van der Waals surface area contributed by atoms with Crippen LogP contribution in [0.4, 0.5) is 0 Å². The van der Waals surface area contributed by atoms with Gasteiger partial charge >= 0.3 is 0 Å². The first-order valence-electron chi connectivity index (χ1n) is 6.24. The van der Waals surface area contributed by atoms with Gasteiger partial charge in [0.2, 0.25) is 0 Å². The third-order valence-corrected chi connectivity index (χ3v) is 2.91. The average Bonchev–Trinajstić information content (AvgIpc) is 2.52. The molecule has 2 rings (SSSR count). The van der Waals surface area contributed by atoms with Crippen LogP contribution >= 0.6 is 0 Å². The zero-order valence-corrected chi connectivity index (χ0v) is 11.5. The lowest BCUT2D eigenvalue weighted by atomic mass is 10.1. The van der Waals surface area contributed by atoms with Gasteiger partial charge in [-0.2, -0.15) is 0 Å². The second-order valence-corrected chi connectivity index (χ2v) is 4.17. The lowest BCUT2D eigenvalue weighted by Gasteiger charge is -2.03. The molecule has 0 bridgehead atoms. The molecule has 0 aromatic heterocycles. The number of carbonyl (C=O) groups excluding carboxylic acids is 1. The molecule has 0 spiro atoms. The summed E-state index contributed by atoms with van der Waals surface area (Å²) in [5.74, 6) is 1.33. The molecular formula is C17H16O3. The Balaban J connectivity index is 2.20. The van der Waals surface area contributed by atoms with Gasteiger partial charge in [0, 0.05) is 11.1 Å². The van der Waals surface area contributed by atoms with E-state index in [0.717, 1.165) is 11.3 Å². The molecule has 0 unspecified atom stereocenters. The maximum atomic E-state index is 12.1. The van der Waals surface area contributed by atoms with Crippen LogP contribution in [0.15, 0.2) is 54.6 Å². The van der Waals surface area contributed by atoms with E-state index in [2.05, 4.69) is 0 Å². The van der Waals surface area contributed by atoms with E-state index in [1.54, 1.807) is 44.6 Å². The van der Waals surface area contributed by atoms with Crippen LogP contribution in [0, 0.1) is 0 Å². The molecule has 0 radical (unpaired) electrons. The number of methoxy groups -OCH3 is 2. The summed E-state index contributed by atoms with van der Waals surface area (Å²) in [5, 5.41) is 0. The van der Waals surface area contributed by atoms with Crippen LogP contribution in [-0.2, 0) is 0 Å². The molecule has 0 aliphatic rings. The van der Waals surface area contributed by atoms with E-state index in [0.29, 0.717) is 11.3 Å². The van der Waals surface area contributed by atoms with Crippen molar-refractivity contribution in [1.82, 2.24) is 0 Å². The molecule has 2 aromatic rings. The third kappa shape index (κ3) is 3.26. The Morgan fingerprint density at radius 2 is 1.80 bits per heavy atom. The predicted molar refractivity (Wildman–Crippen MR) is 79.4 cm³/mol. The lowest BCUT2D eigenvalue weighted by molar-refractivity contribution is 0.104. The summed E-state index contributed by atoms with van der Waals surface area (Å²) in [6, 6.07) is 14.6. The zero-order valence-electron chi connectivity index (χ0n) is 11.5. The SMILES string of the molecule is COc1cccc(C(=O)C=Cc2ccccc2OC)c1. The minimum Gasteiger partial charge on any atom is -0.497 e. The number of hydrogen-bond donors (Lipinski definition) is 0. The molecule has 0 heterocycles. The summed E-state index contributed by atoms with van der Waals surface area (Å²) < 4.78 is 10.3. The number of ether oxygens (including phenoxy) is 2. The van der Waals surface area contributed by atoms with Gasteiger partial charge in [0.1, 0.15) is 11.5 Å². The van der Waals surface area contributed by atoms with Crippen molar-refractivity contribution in [1.29, 1.82) is 0 Å². The second kappa shape index (κ2) is 6.57. The molecule has 0 aliphatic heterocycles. The lowest BCUT2D eigenvalue weighted by Crippen LogP contribution is -1.95. The number of carbonyl (C=O) groups is 1. The van der Waals surface area contributed by atoms with Gasteiger partial charge < -0.3 is 9.47 Å². The van der Waals surface area contributed by atoms with Crippen molar-refractivity contribution < 1.29 is 14.3 Å². The quantitative estimate of drug-likeness (QED) is 0.614. The van der Waals surface area contributed by atoms with Gasteiger partial charge in [-0.25, -0.2) is 0 Å². The molecule has 3 nitrogen and oxygen atoms in total. The van der Waals surface area contributed by atoms with Crippen molar-refractivity contribution in [3.05, 3.63) is 65.7 Å². The Labute approximate surface area is 118 Å². The molecule has 0 N–H and O–H groups in total. The van der Waals surface area contributed by atoms with E-state index in [1.165, 1.54) is 6.08 Å². The first-order valence-corrected chi connectivity index (χ1v) is 6.24. The number of para-hydroxylation sites is 1. The molecule has 20 heavy (non-hydrogen) atoms. The van der Waals surface area contributed by atoms with E-state index in [4.69, 9.17) is 9.47 Å². The van der Waals surface area contributed by atoms with E-state index >= 15 is 0 Å². The minimum absolute atomic E-state index is 0.0743. The number of allylic oxidation sites excluding steroid dienone is 1. The number of benzene rings is 2. The molecular weight excluding hydrogens is 252 g/mol. The normalized spacial score (nSPS) is 10.5. The smallest absolute Gasteiger partial charge is 0.185 e. The predicted octanol–water partition coefficient (Wildman–Crippen LogP) is 3.60. The zero-order chi connectivity index (χ0) is 14.4. The Kier molecular flexibility index (Phi) is 4.56. The summed E-state index contributed by atoms with van der Waals surface area (Å²) in [4.78, 5) is 12.1. The fourth-order valence-corrected chi connectivity index (χ4v) is 1.84. The molecule has 0 aliphatic carbocycles.